The van der Waals surface area contributed by atoms with E-state index in [0.717, 1.165) is 16.0 Å². The number of ether oxygens (including phenoxy) is 1. The predicted molar refractivity (Wildman–Crippen MR) is 116 cm³/mol. The normalized spacial score (nSPS) is 16.9. The van der Waals surface area contributed by atoms with E-state index in [9.17, 15) is 9.90 Å². The van der Waals surface area contributed by atoms with Gasteiger partial charge in [0.2, 0.25) is 0 Å². The number of phenols is 1. The summed E-state index contributed by atoms with van der Waals surface area (Å²) in [4.78, 5) is 14.0. The van der Waals surface area contributed by atoms with Gasteiger partial charge in [0.15, 0.2) is 11.5 Å². The Kier molecular flexibility index (Phi) is 6.27. The molecule has 3 rings (SSSR count). The molecule has 1 aliphatic heterocycles. The van der Waals surface area contributed by atoms with Crippen molar-refractivity contribution in [2.24, 2.45) is 0 Å². The summed E-state index contributed by atoms with van der Waals surface area (Å²) in [6.45, 7) is 6.30. The minimum absolute atomic E-state index is 0.0581. The molecule has 28 heavy (non-hydrogen) atoms. The third kappa shape index (κ3) is 3.74. The van der Waals surface area contributed by atoms with Crippen molar-refractivity contribution in [1.82, 2.24) is 10.0 Å². The molecule has 1 heterocycles. The van der Waals surface area contributed by atoms with Gasteiger partial charge in [-0.05, 0) is 42.5 Å². The Labute approximate surface area is 174 Å². The maximum absolute atomic E-state index is 13.0. The van der Waals surface area contributed by atoms with Gasteiger partial charge in [-0.15, -0.1) is 11.8 Å². The number of carbonyl (C=O) groups excluding carboxylic acids is 1. The summed E-state index contributed by atoms with van der Waals surface area (Å²) in [5.74, 6) is 0.413. The fourth-order valence-corrected chi connectivity index (χ4v) is 4.93. The van der Waals surface area contributed by atoms with Crippen LogP contribution in [0, 0.1) is 0 Å². The number of benzene rings is 2. The Morgan fingerprint density at radius 2 is 2.00 bits per heavy atom. The maximum atomic E-state index is 13.0. The van der Waals surface area contributed by atoms with E-state index in [1.807, 2.05) is 57.6 Å². The highest BCUT2D eigenvalue weighted by atomic mass is 32.2. The van der Waals surface area contributed by atoms with Crippen LogP contribution in [0.1, 0.15) is 17.7 Å². The second-order valence-electron chi connectivity index (χ2n) is 6.44. The average molecular weight is 417 g/mol. The highest BCUT2D eigenvalue weighted by Crippen LogP contribution is 2.49. The Balaban J connectivity index is 2.15. The fourth-order valence-electron chi connectivity index (χ4n) is 3.22. The lowest BCUT2D eigenvalue weighted by Gasteiger charge is -2.23. The highest BCUT2D eigenvalue weighted by Gasteiger charge is 2.39. The van der Waals surface area contributed by atoms with Crippen molar-refractivity contribution in [3.63, 3.8) is 0 Å². The minimum atomic E-state index is -0.435. The summed E-state index contributed by atoms with van der Waals surface area (Å²) in [5.41, 5.74) is 2.36. The summed E-state index contributed by atoms with van der Waals surface area (Å²) in [7, 11) is 3.63. The van der Waals surface area contributed by atoms with Crippen LogP contribution in [-0.2, 0) is 4.79 Å². The van der Waals surface area contributed by atoms with Crippen LogP contribution in [0.5, 0.6) is 11.5 Å². The molecule has 1 unspecified atom stereocenters. The number of carbonyl (C=O) groups is 1. The molecule has 7 heteroatoms. The molecule has 2 aromatic rings. The van der Waals surface area contributed by atoms with Crippen LogP contribution in [0.4, 0.5) is 0 Å². The summed E-state index contributed by atoms with van der Waals surface area (Å²) in [5, 5.41) is 14.4. The second-order valence-corrected chi connectivity index (χ2v) is 8.46. The summed E-state index contributed by atoms with van der Waals surface area (Å²) >= 11 is 3.02. The zero-order valence-corrected chi connectivity index (χ0v) is 18.1. The van der Waals surface area contributed by atoms with Gasteiger partial charge in [-0.3, -0.25) is 4.79 Å². The van der Waals surface area contributed by atoms with E-state index < -0.39 is 5.25 Å². The van der Waals surface area contributed by atoms with Crippen LogP contribution in [-0.4, -0.2) is 48.0 Å². The van der Waals surface area contributed by atoms with Gasteiger partial charge < -0.3 is 9.84 Å². The number of thioether (sulfide) groups is 2. The van der Waals surface area contributed by atoms with Crippen molar-refractivity contribution in [2.45, 2.75) is 17.1 Å². The molecule has 1 saturated heterocycles. The standard InChI is InChI=1S/C21H24N2O3S2/c1-6-26-17-12-14(20-21(25)23(22(3)4)13(2)28-20)11-16(19(17)24)15-9-7-8-10-18(15)27-5/h7-12,20,24H,2,6H2,1,3-5H3. The molecule has 1 aliphatic rings. The molecular weight excluding hydrogens is 392 g/mol. The molecule has 1 N–H and O–H groups in total. The zero-order chi connectivity index (χ0) is 20.4. The van der Waals surface area contributed by atoms with Crippen molar-refractivity contribution < 1.29 is 14.6 Å². The van der Waals surface area contributed by atoms with E-state index in [4.69, 9.17) is 4.74 Å². The van der Waals surface area contributed by atoms with Gasteiger partial charge >= 0.3 is 0 Å². The van der Waals surface area contributed by atoms with Gasteiger partial charge in [-0.1, -0.05) is 36.5 Å². The topological polar surface area (TPSA) is 53.0 Å². The lowest BCUT2D eigenvalue weighted by Crippen LogP contribution is -2.37. The molecule has 0 saturated carbocycles. The zero-order valence-electron chi connectivity index (χ0n) is 16.4. The average Bonchev–Trinajstić information content (AvgIpc) is 2.98. The Morgan fingerprint density at radius 3 is 2.61 bits per heavy atom. The molecular formula is C21H24N2O3S2. The van der Waals surface area contributed by atoms with Gasteiger partial charge in [-0.2, -0.15) is 0 Å². The number of hydrazine groups is 1. The molecule has 148 valence electrons. The quantitative estimate of drug-likeness (QED) is 0.686. The number of rotatable bonds is 6. The number of amides is 1. The van der Waals surface area contributed by atoms with Gasteiger partial charge in [0.05, 0.1) is 11.6 Å². The molecule has 2 aromatic carbocycles. The van der Waals surface area contributed by atoms with E-state index in [0.29, 0.717) is 22.9 Å². The van der Waals surface area contributed by atoms with Crippen molar-refractivity contribution in [3.8, 4) is 22.6 Å². The van der Waals surface area contributed by atoms with Gasteiger partial charge in [0, 0.05) is 24.6 Å². The number of phenolic OH excluding ortho intramolecular Hbond substituents is 1. The molecule has 5 nitrogen and oxygen atoms in total. The Hall–Kier alpha value is -2.09. The molecule has 1 fully saturated rings. The molecule has 0 bridgehead atoms. The fraction of sp³-hybridized carbons (Fsp3) is 0.286. The maximum Gasteiger partial charge on any atom is 0.260 e. The first-order chi connectivity index (χ1) is 13.4. The Bertz CT molecular complexity index is 915. The van der Waals surface area contributed by atoms with Crippen molar-refractivity contribution in [2.75, 3.05) is 27.0 Å². The van der Waals surface area contributed by atoms with Gasteiger partial charge in [0.1, 0.15) is 5.25 Å². The minimum Gasteiger partial charge on any atom is -0.504 e. The molecule has 1 amide bonds. The third-order valence-corrected chi connectivity index (χ3v) is 6.37. The number of aromatic hydroxyl groups is 1. The van der Waals surface area contributed by atoms with Crippen LogP contribution in [0.3, 0.4) is 0 Å². The van der Waals surface area contributed by atoms with Crippen LogP contribution >= 0.6 is 23.5 Å². The highest BCUT2D eigenvalue weighted by molar-refractivity contribution is 8.04. The van der Waals surface area contributed by atoms with Crippen LogP contribution < -0.4 is 4.74 Å². The summed E-state index contributed by atoms with van der Waals surface area (Å²) in [6.07, 6.45) is 2.00. The smallest absolute Gasteiger partial charge is 0.260 e. The predicted octanol–water partition coefficient (Wildman–Crippen LogP) is 4.74. The summed E-state index contributed by atoms with van der Waals surface area (Å²) < 4.78 is 5.69. The van der Waals surface area contributed by atoms with Gasteiger partial charge in [-0.25, -0.2) is 10.0 Å². The molecule has 1 atom stereocenters. The van der Waals surface area contributed by atoms with Crippen LogP contribution in [0.25, 0.3) is 11.1 Å². The SMILES string of the molecule is C=C1SC(c2cc(OCC)c(O)c(-c3ccccc3SC)c2)C(=O)N1N(C)C. The first kappa shape index (κ1) is 20.6. The monoisotopic (exact) mass is 416 g/mol. The Morgan fingerprint density at radius 1 is 1.29 bits per heavy atom. The van der Waals surface area contributed by atoms with E-state index in [1.165, 1.54) is 11.8 Å². The van der Waals surface area contributed by atoms with Crippen molar-refractivity contribution in [1.29, 1.82) is 0 Å². The van der Waals surface area contributed by atoms with Crippen molar-refractivity contribution in [3.05, 3.63) is 53.6 Å². The number of hydrogen-bond donors (Lipinski definition) is 1. The van der Waals surface area contributed by atoms with Crippen molar-refractivity contribution >= 4 is 29.4 Å². The van der Waals surface area contributed by atoms with Gasteiger partial charge in [0.25, 0.3) is 5.91 Å². The first-order valence-electron chi connectivity index (χ1n) is 8.88. The van der Waals surface area contributed by atoms with E-state index in [1.54, 1.807) is 27.8 Å². The lowest BCUT2D eigenvalue weighted by molar-refractivity contribution is -0.137. The summed E-state index contributed by atoms with van der Waals surface area (Å²) in [6, 6.07) is 11.5. The lowest BCUT2D eigenvalue weighted by atomic mass is 9.99. The molecule has 0 aliphatic carbocycles. The third-order valence-electron chi connectivity index (χ3n) is 4.42. The molecule has 0 spiro atoms. The van der Waals surface area contributed by atoms with E-state index in [-0.39, 0.29) is 11.7 Å². The van der Waals surface area contributed by atoms with E-state index >= 15 is 0 Å². The number of nitrogens with zero attached hydrogens (tertiary/aromatic N) is 2. The first-order valence-corrected chi connectivity index (χ1v) is 11.0. The molecule has 0 aromatic heterocycles. The molecule has 0 radical (unpaired) electrons. The second kappa shape index (κ2) is 8.51. The largest absolute Gasteiger partial charge is 0.504 e. The van der Waals surface area contributed by atoms with E-state index in [2.05, 4.69) is 6.58 Å². The van der Waals surface area contributed by atoms with Crippen LogP contribution in [0.2, 0.25) is 0 Å². The van der Waals surface area contributed by atoms with Crippen LogP contribution in [0.15, 0.2) is 52.9 Å². The number of hydrogen-bond acceptors (Lipinski definition) is 6.